The minimum absolute atomic E-state index is 0.00338. The van der Waals surface area contributed by atoms with Crippen LogP contribution < -0.4 is 5.32 Å². The summed E-state index contributed by atoms with van der Waals surface area (Å²) in [5.74, 6) is -1.53. The molecule has 1 heterocycles. The highest BCUT2D eigenvalue weighted by Crippen LogP contribution is 2.35. The second-order valence-corrected chi connectivity index (χ2v) is 10.8. The average molecular weight is 561 g/mol. The number of carbonyl (C=O) groups excluding carboxylic acids is 1. The predicted molar refractivity (Wildman–Crippen MR) is 128 cm³/mol. The van der Waals surface area contributed by atoms with E-state index in [2.05, 4.69) is 5.32 Å². The molecule has 36 heavy (non-hydrogen) atoms. The van der Waals surface area contributed by atoms with Crippen LogP contribution in [-0.4, -0.2) is 25.2 Å². The number of hydrogen-bond donors (Lipinski definition) is 1. The summed E-state index contributed by atoms with van der Waals surface area (Å²) in [6.07, 6.45) is -4.47. The van der Waals surface area contributed by atoms with Gasteiger partial charge < -0.3 is 5.32 Å². The summed E-state index contributed by atoms with van der Waals surface area (Å²) in [5, 5.41) is 2.62. The van der Waals surface area contributed by atoms with Gasteiger partial charge in [0.25, 0.3) is 0 Å². The first-order valence-corrected chi connectivity index (χ1v) is 12.8. The van der Waals surface area contributed by atoms with Gasteiger partial charge in [0.1, 0.15) is 4.90 Å². The highest BCUT2D eigenvalue weighted by Gasteiger charge is 2.33. The maximum absolute atomic E-state index is 14.4. The third-order valence-corrected chi connectivity index (χ3v) is 8.23. The molecule has 1 amide bonds. The summed E-state index contributed by atoms with van der Waals surface area (Å²) in [5.41, 5.74) is 1.06. The van der Waals surface area contributed by atoms with Gasteiger partial charge in [-0.15, -0.1) is 0 Å². The number of halogens is 6. The maximum atomic E-state index is 14.4. The van der Waals surface area contributed by atoms with Crippen molar-refractivity contribution in [2.75, 3.05) is 11.9 Å². The minimum atomic E-state index is -4.47. The monoisotopic (exact) mass is 560 g/mol. The third kappa shape index (κ3) is 5.36. The normalized spacial score (nSPS) is 14.4. The Morgan fingerprint density at radius 2 is 1.69 bits per heavy atom. The molecule has 0 radical (unpaired) electrons. The van der Waals surface area contributed by atoms with E-state index in [0.717, 1.165) is 22.5 Å². The van der Waals surface area contributed by atoms with Crippen LogP contribution >= 0.6 is 23.2 Å². The maximum Gasteiger partial charge on any atom is 0.416 e. The van der Waals surface area contributed by atoms with Gasteiger partial charge in [-0.05, 0) is 53.4 Å². The van der Waals surface area contributed by atoms with E-state index in [4.69, 9.17) is 23.2 Å². The van der Waals surface area contributed by atoms with Gasteiger partial charge in [-0.3, -0.25) is 4.79 Å². The van der Waals surface area contributed by atoms with Gasteiger partial charge in [-0.25, -0.2) is 12.8 Å². The van der Waals surface area contributed by atoms with E-state index in [1.165, 1.54) is 30.3 Å². The lowest BCUT2D eigenvalue weighted by molar-refractivity contribution is -0.137. The summed E-state index contributed by atoms with van der Waals surface area (Å²) in [4.78, 5) is 12.1. The van der Waals surface area contributed by atoms with E-state index in [9.17, 15) is 30.8 Å². The molecule has 0 aromatic heterocycles. The molecule has 4 rings (SSSR count). The third-order valence-electron chi connectivity index (χ3n) is 5.76. The molecular weight excluding hydrogens is 543 g/mol. The molecule has 5 nitrogen and oxygen atoms in total. The molecule has 3 aromatic carbocycles. The number of anilines is 1. The largest absolute Gasteiger partial charge is 0.416 e. The Morgan fingerprint density at radius 1 is 1.00 bits per heavy atom. The minimum Gasteiger partial charge on any atom is -0.324 e. The topological polar surface area (TPSA) is 66.5 Å². The fourth-order valence-electron chi connectivity index (χ4n) is 3.94. The number of carbonyl (C=O) groups is 1. The van der Waals surface area contributed by atoms with Gasteiger partial charge in [0.2, 0.25) is 15.9 Å². The highest BCUT2D eigenvalue weighted by molar-refractivity contribution is 7.89. The number of nitrogens with one attached hydrogen (secondary N) is 1. The summed E-state index contributed by atoms with van der Waals surface area (Å²) in [6.45, 7) is -0.0774. The zero-order chi connectivity index (χ0) is 26.3. The first-order valence-electron chi connectivity index (χ1n) is 10.6. The van der Waals surface area contributed by atoms with E-state index in [1.807, 2.05) is 0 Å². The number of alkyl halides is 3. The molecule has 12 heteroatoms. The summed E-state index contributed by atoms with van der Waals surface area (Å²) >= 11 is 12.1. The van der Waals surface area contributed by atoms with Crippen LogP contribution in [0.2, 0.25) is 10.0 Å². The fourth-order valence-corrected chi connectivity index (χ4v) is 5.91. The van der Waals surface area contributed by atoms with Crippen molar-refractivity contribution >= 4 is 44.8 Å². The fraction of sp³-hybridized carbons (Fsp3) is 0.208. The molecule has 0 fully saturated rings. The predicted octanol–water partition coefficient (Wildman–Crippen LogP) is 6.08. The quantitative estimate of drug-likeness (QED) is 0.384. The Morgan fingerprint density at radius 3 is 2.36 bits per heavy atom. The van der Waals surface area contributed by atoms with Crippen LogP contribution in [0.25, 0.3) is 0 Å². The Labute approximate surface area is 214 Å². The van der Waals surface area contributed by atoms with Crippen molar-refractivity contribution in [1.29, 1.82) is 0 Å². The number of amides is 1. The van der Waals surface area contributed by atoms with Gasteiger partial charge in [-0.2, -0.15) is 17.5 Å². The number of hydrogen-bond acceptors (Lipinski definition) is 3. The van der Waals surface area contributed by atoms with E-state index < -0.39 is 38.4 Å². The number of fused-ring (bicyclic) bond motifs is 1. The average Bonchev–Trinajstić information content (AvgIpc) is 2.82. The molecule has 0 saturated carbocycles. The zero-order valence-electron chi connectivity index (χ0n) is 18.4. The second kappa shape index (κ2) is 10.0. The van der Waals surface area contributed by atoms with Gasteiger partial charge in [-0.1, -0.05) is 47.5 Å². The van der Waals surface area contributed by atoms with E-state index >= 15 is 0 Å². The van der Waals surface area contributed by atoms with E-state index in [-0.39, 0.29) is 36.0 Å². The smallest absolute Gasteiger partial charge is 0.324 e. The van der Waals surface area contributed by atoms with E-state index in [1.54, 1.807) is 6.07 Å². The van der Waals surface area contributed by atoms with Crippen LogP contribution in [0.5, 0.6) is 0 Å². The van der Waals surface area contributed by atoms with Crippen LogP contribution in [0.3, 0.4) is 0 Å². The molecule has 0 saturated heterocycles. The Bertz CT molecular complexity index is 1430. The molecule has 0 unspecified atom stereocenters. The molecule has 1 N–H and O–H groups in total. The standard InChI is InChI=1S/C24H18Cl2F4N2O3S/c25-18-2-1-3-20(22(18)27)36(34,35)32-11-10-17-15(13-32)6-9-19(26)23(17)31-21(33)12-14-4-7-16(8-5-14)24(28,29)30/h1-9H,10-13H2,(H,31,33). The van der Waals surface area contributed by atoms with Crippen LogP contribution in [-0.2, 0) is 40.4 Å². The first-order chi connectivity index (χ1) is 16.9. The molecule has 190 valence electrons. The lowest BCUT2D eigenvalue weighted by atomic mass is 9.98. The SMILES string of the molecule is O=C(Cc1ccc(C(F)(F)F)cc1)Nc1c(Cl)ccc2c1CCN(S(=O)(=O)c1cccc(Cl)c1F)C2. The molecule has 1 aliphatic rings. The summed E-state index contributed by atoms with van der Waals surface area (Å²) in [7, 11) is -4.19. The first kappa shape index (κ1) is 26.4. The van der Waals surface area contributed by atoms with Gasteiger partial charge in [0.05, 0.1) is 27.7 Å². The van der Waals surface area contributed by atoms with Gasteiger partial charge in [0.15, 0.2) is 5.82 Å². The molecule has 0 aliphatic carbocycles. The summed E-state index contributed by atoms with van der Waals surface area (Å²) < 4.78 is 79.9. The zero-order valence-corrected chi connectivity index (χ0v) is 20.7. The number of nitrogens with zero attached hydrogens (tertiary/aromatic N) is 1. The van der Waals surface area contributed by atoms with Crippen LogP contribution in [0, 0.1) is 5.82 Å². The van der Waals surface area contributed by atoms with Gasteiger partial charge >= 0.3 is 6.18 Å². The highest BCUT2D eigenvalue weighted by atomic mass is 35.5. The molecule has 1 aliphatic heterocycles. The van der Waals surface area contributed by atoms with Crippen molar-refractivity contribution in [3.63, 3.8) is 0 Å². The lowest BCUT2D eigenvalue weighted by Gasteiger charge is -2.30. The lowest BCUT2D eigenvalue weighted by Crippen LogP contribution is -2.37. The van der Waals surface area contributed by atoms with Crippen molar-refractivity contribution in [2.45, 2.75) is 30.5 Å². The molecule has 0 bridgehead atoms. The van der Waals surface area contributed by atoms with Crippen LogP contribution in [0.4, 0.5) is 23.2 Å². The molecule has 3 aromatic rings. The van der Waals surface area contributed by atoms with Crippen molar-refractivity contribution in [3.05, 3.63) is 92.7 Å². The number of rotatable bonds is 5. The van der Waals surface area contributed by atoms with Crippen molar-refractivity contribution in [3.8, 4) is 0 Å². The van der Waals surface area contributed by atoms with Crippen LogP contribution in [0.1, 0.15) is 22.3 Å². The van der Waals surface area contributed by atoms with Crippen molar-refractivity contribution in [1.82, 2.24) is 4.31 Å². The molecular formula is C24H18Cl2F4N2O3S. The van der Waals surface area contributed by atoms with Crippen molar-refractivity contribution in [2.24, 2.45) is 0 Å². The Kier molecular flexibility index (Phi) is 7.34. The molecule has 0 spiro atoms. The van der Waals surface area contributed by atoms with E-state index in [0.29, 0.717) is 22.4 Å². The number of benzene rings is 3. The van der Waals surface area contributed by atoms with Crippen molar-refractivity contribution < 1.29 is 30.8 Å². The molecule has 0 atom stereocenters. The summed E-state index contributed by atoms with van der Waals surface area (Å²) in [6, 6.07) is 11.1. The second-order valence-electron chi connectivity index (χ2n) is 8.12. The van der Waals surface area contributed by atoms with Gasteiger partial charge in [0, 0.05) is 13.1 Å². The Balaban J connectivity index is 1.53. The number of sulfonamides is 1. The van der Waals surface area contributed by atoms with Crippen LogP contribution in [0.15, 0.2) is 59.5 Å². The Hall–Kier alpha value is -2.66.